The monoisotopic (exact) mass is 632 g/mol. The number of aliphatic imine (C=N–C) groups is 1. The first-order chi connectivity index (χ1) is 21.6. The van der Waals surface area contributed by atoms with E-state index in [2.05, 4.69) is 50.8 Å². The standard InChI is InChI=1S/C32H41N7O2S.C2H7N/c1-6-9-24(42-16-7-2)19-39(5)21(3)27-15-14-23(18-36-27)25-10-8-11-28(31(25)35-4)37-29(26(33)20-40)17-30(34)38-32(41)22-12-13-22;1-3-2/h7-11,14-18,20,22,35,37,40H,3,6,12-13,19,33H2,1-2,4-5H3,(H2,34,38,41);3H,1-2H3/b16-7-,24-9+,26-20+,29-17+;. The molecule has 1 aliphatic carbocycles. The number of pyridine rings is 1. The molecule has 0 spiro atoms. The molecule has 11 heteroatoms. The summed E-state index contributed by atoms with van der Waals surface area (Å²) in [4.78, 5) is 24.1. The number of nitrogens with zero attached hydrogens (tertiary/aromatic N) is 3. The average Bonchev–Trinajstić information content (AvgIpc) is 3.89. The second-order valence-corrected chi connectivity index (χ2v) is 11.3. The number of anilines is 2. The molecule has 1 saturated carbocycles. The summed E-state index contributed by atoms with van der Waals surface area (Å²) in [5, 5.41) is 20.9. The van der Waals surface area contributed by atoms with Gasteiger partial charge in [-0.15, -0.1) is 11.8 Å². The Balaban J connectivity index is 0.00000226. The van der Waals surface area contributed by atoms with Crippen LogP contribution in [0.25, 0.3) is 16.8 Å². The number of amides is 1. The van der Waals surface area contributed by atoms with Gasteiger partial charge in [-0.3, -0.25) is 9.78 Å². The Kier molecular flexibility index (Phi) is 15.5. The summed E-state index contributed by atoms with van der Waals surface area (Å²) in [6, 6.07) is 9.71. The summed E-state index contributed by atoms with van der Waals surface area (Å²) in [6.07, 6.45) is 10.9. The fourth-order valence-corrected chi connectivity index (χ4v) is 4.93. The van der Waals surface area contributed by atoms with Gasteiger partial charge >= 0.3 is 0 Å². The van der Waals surface area contributed by atoms with E-state index in [0.717, 1.165) is 60.3 Å². The van der Waals surface area contributed by atoms with Gasteiger partial charge in [0, 0.05) is 54.9 Å². The number of hydrogen-bond acceptors (Lipinski definition) is 9. The van der Waals surface area contributed by atoms with E-state index in [9.17, 15) is 9.90 Å². The zero-order chi connectivity index (χ0) is 33.4. The molecule has 2 aromatic rings. The highest BCUT2D eigenvalue weighted by Crippen LogP contribution is 2.35. The van der Waals surface area contributed by atoms with E-state index in [-0.39, 0.29) is 23.4 Å². The summed E-state index contributed by atoms with van der Waals surface area (Å²) in [5.74, 6) is -0.298. The van der Waals surface area contributed by atoms with E-state index in [1.807, 2.05) is 77.7 Å². The molecule has 45 heavy (non-hydrogen) atoms. The zero-order valence-corrected chi connectivity index (χ0v) is 28.0. The predicted octanol–water partition coefficient (Wildman–Crippen LogP) is 6.04. The zero-order valence-electron chi connectivity index (χ0n) is 27.2. The van der Waals surface area contributed by atoms with Gasteiger partial charge in [-0.2, -0.15) is 4.99 Å². The highest BCUT2D eigenvalue weighted by atomic mass is 32.2. The molecule has 0 atom stereocenters. The number of aromatic nitrogens is 1. The van der Waals surface area contributed by atoms with Gasteiger partial charge in [0.1, 0.15) is 12.1 Å². The van der Waals surface area contributed by atoms with Crippen molar-refractivity contribution in [3.05, 3.63) is 95.0 Å². The van der Waals surface area contributed by atoms with Crippen LogP contribution < -0.4 is 27.4 Å². The van der Waals surface area contributed by atoms with Crippen molar-refractivity contribution in [1.29, 1.82) is 0 Å². The number of allylic oxidation sites excluding steroid dienone is 2. The molecule has 242 valence electrons. The Labute approximate surface area is 272 Å². The topological polar surface area (TPSA) is 154 Å². The second kappa shape index (κ2) is 19.0. The third kappa shape index (κ3) is 11.5. The number of amidine groups is 1. The number of thioether (sulfide) groups is 1. The smallest absolute Gasteiger partial charge is 0.250 e. The van der Waals surface area contributed by atoms with E-state index in [1.54, 1.807) is 11.8 Å². The third-order valence-corrected chi connectivity index (χ3v) is 7.51. The maximum atomic E-state index is 12.1. The first-order valence-electron chi connectivity index (χ1n) is 14.8. The Bertz CT molecular complexity index is 1440. The Morgan fingerprint density at radius 2 is 1.93 bits per heavy atom. The van der Waals surface area contributed by atoms with Gasteiger partial charge in [0.15, 0.2) is 0 Å². The second-order valence-electron chi connectivity index (χ2n) is 10.3. The van der Waals surface area contributed by atoms with Crippen LogP contribution in [0.2, 0.25) is 0 Å². The van der Waals surface area contributed by atoms with Gasteiger partial charge in [0.25, 0.3) is 5.91 Å². The van der Waals surface area contributed by atoms with Crippen LogP contribution in [0.3, 0.4) is 0 Å². The number of carbonyl (C=O) groups is 1. The summed E-state index contributed by atoms with van der Waals surface area (Å²) in [7, 11) is 7.58. The van der Waals surface area contributed by atoms with Crippen molar-refractivity contribution in [3.8, 4) is 11.1 Å². The summed E-state index contributed by atoms with van der Waals surface area (Å²) < 4.78 is 0. The number of aliphatic hydroxyl groups excluding tert-OH is 1. The van der Waals surface area contributed by atoms with Crippen LogP contribution in [0.15, 0.2) is 94.3 Å². The maximum absolute atomic E-state index is 12.1. The van der Waals surface area contributed by atoms with Gasteiger partial charge in [0.05, 0.1) is 34.2 Å². The number of hydrogen-bond donors (Lipinski definition) is 6. The highest BCUT2D eigenvalue weighted by Gasteiger charge is 2.29. The molecular weight excluding hydrogens is 584 g/mol. The lowest BCUT2D eigenvalue weighted by Gasteiger charge is -2.22. The quantitative estimate of drug-likeness (QED) is 0.0629. The molecular formula is C34H48N8O2S. The number of carbonyl (C=O) groups excluding carboxylic acids is 1. The number of aliphatic hydroxyl groups is 1. The predicted molar refractivity (Wildman–Crippen MR) is 193 cm³/mol. The molecule has 0 saturated heterocycles. The molecule has 0 bridgehead atoms. The van der Waals surface area contributed by atoms with Gasteiger partial charge in [-0.25, -0.2) is 0 Å². The number of benzene rings is 1. The van der Waals surface area contributed by atoms with Crippen LogP contribution in [0.5, 0.6) is 0 Å². The Hall–Kier alpha value is -4.48. The molecule has 0 radical (unpaired) electrons. The van der Waals surface area contributed by atoms with Gasteiger partial charge < -0.3 is 37.4 Å². The minimum absolute atomic E-state index is 0.00377. The van der Waals surface area contributed by atoms with Crippen LogP contribution in [0.1, 0.15) is 38.8 Å². The maximum Gasteiger partial charge on any atom is 0.250 e. The normalized spacial score (nSPS) is 14.1. The first kappa shape index (κ1) is 36.7. The molecule has 3 rings (SSSR count). The van der Waals surface area contributed by atoms with Crippen molar-refractivity contribution in [2.45, 2.75) is 33.1 Å². The molecule has 1 aromatic heterocycles. The largest absolute Gasteiger partial charge is 0.513 e. The van der Waals surface area contributed by atoms with E-state index in [4.69, 9.17) is 16.5 Å². The van der Waals surface area contributed by atoms with Crippen LogP contribution >= 0.6 is 11.8 Å². The molecule has 10 nitrogen and oxygen atoms in total. The molecule has 1 aliphatic rings. The molecule has 1 heterocycles. The van der Waals surface area contributed by atoms with Crippen molar-refractivity contribution in [3.63, 3.8) is 0 Å². The highest BCUT2D eigenvalue weighted by molar-refractivity contribution is 8.05. The minimum Gasteiger partial charge on any atom is -0.513 e. The SMILES string of the molecule is C=C(c1ccc(-c2cccc(NC(=C/C(N)=NC(=O)C3CC3)/C(N)=C\O)c2NC)cn1)N(C)C/C(=C\CC)S/C=C\C.CNC. The van der Waals surface area contributed by atoms with Crippen LogP contribution in [0.4, 0.5) is 11.4 Å². The van der Waals surface area contributed by atoms with Crippen molar-refractivity contribution in [2.24, 2.45) is 22.4 Å². The molecule has 0 unspecified atom stereocenters. The number of nitrogens with one attached hydrogen (secondary N) is 3. The minimum atomic E-state index is -0.247. The van der Waals surface area contributed by atoms with E-state index in [1.165, 1.54) is 11.0 Å². The molecule has 0 aliphatic heterocycles. The lowest BCUT2D eigenvalue weighted by molar-refractivity contribution is -0.118. The van der Waals surface area contributed by atoms with E-state index < -0.39 is 0 Å². The van der Waals surface area contributed by atoms with E-state index in [0.29, 0.717) is 11.4 Å². The van der Waals surface area contributed by atoms with Crippen molar-refractivity contribution >= 4 is 40.6 Å². The summed E-state index contributed by atoms with van der Waals surface area (Å²) in [6.45, 7) is 9.17. The van der Waals surface area contributed by atoms with E-state index >= 15 is 0 Å². The first-order valence-corrected chi connectivity index (χ1v) is 15.7. The number of para-hydroxylation sites is 1. The summed E-state index contributed by atoms with van der Waals surface area (Å²) >= 11 is 1.72. The molecule has 1 amide bonds. The molecule has 1 aromatic carbocycles. The number of nitrogens with two attached hydrogens (primary N) is 2. The lowest BCUT2D eigenvalue weighted by Crippen LogP contribution is -2.19. The van der Waals surface area contributed by atoms with Crippen LogP contribution in [-0.4, -0.2) is 61.5 Å². The van der Waals surface area contributed by atoms with Crippen molar-refractivity contribution < 1.29 is 9.90 Å². The van der Waals surface area contributed by atoms with Gasteiger partial charge in [-0.1, -0.05) is 43.9 Å². The fraction of sp³-hybridized carbons (Fsp3) is 0.324. The fourth-order valence-electron chi connectivity index (χ4n) is 4.08. The number of rotatable bonds is 14. The van der Waals surface area contributed by atoms with Gasteiger partial charge in [-0.05, 0) is 57.8 Å². The molecule has 1 fully saturated rings. The van der Waals surface area contributed by atoms with Crippen LogP contribution in [-0.2, 0) is 4.79 Å². The number of likely N-dealkylation sites (N-methyl/N-ethyl adjacent to an activating group) is 1. The lowest BCUT2D eigenvalue weighted by atomic mass is 10.0. The third-order valence-electron chi connectivity index (χ3n) is 6.50. The summed E-state index contributed by atoms with van der Waals surface area (Å²) in [5.41, 5.74) is 17.2. The Morgan fingerprint density at radius 3 is 2.49 bits per heavy atom. The van der Waals surface area contributed by atoms with Gasteiger partial charge in [0.2, 0.25) is 0 Å². The average molecular weight is 633 g/mol. The van der Waals surface area contributed by atoms with Crippen molar-refractivity contribution in [2.75, 3.05) is 45.4 Å². The molecule has 8 N–H and O–H groups in total. The Morgan fingerprint density at radius 1 is 1.22 bits per heavy atom. The van der Waals surface area contributed by atoms with Crippen LogP contribution in [0, 0.1) is 5.92 Å². The van der Waals surface area contributed by atoms with Crippen molar-refractivity contribution in [1.82, 2.24) is 15.2 Å².